The zero-order valence-electron chi connectivity index (χ0n) is 21.7. The zero-order valence-corrected chi connectivity index (χ0v) is 23.3. The minimum atomic E-state index is -0.689. The highest BCUT2D eigenvalue weighted by atomic mass is 32.2. The third-order valence-corrected chi connectivity index (χ3v) is 8.62. The van der Waals surface area contributed by atoms with Crippen molar-refractivity contribution < 1.29 is 14.4 Å². The van der Waals surface area contributed by atoms with E-state index in [9.17, 15) is 14.4 Å². The monoisotopic (exact) mass is 559 g/mol. The summed E-state index contributed by atoms with van der Waals surface area (Å²) in [6.07, 6.45) is 1.02. The van der Waals surface area contributed by atoms with Gasteiger partial charge in [0.25, 0.3) is 5.91 Å². The number of para-hydroxylation sites is 1. The molecule has 39 heavy (non-hydrogen) atoms. The summed E-state index contributed by atoms with van der Waals surface area (Å²) in [5.41, 5.74) is 3.24. The lowest BCUT2D eigenvalue weighted by atomic mass is 10.1. The van der Waals surface area contributed by atoms with E-state index in [1.54, 1.807) is 11.3 Å². The summed E-state index contributed by atoms with van der Waals surface area (Å²) in [4.78, 5) is 51.3. The summed E-state index contributed by atoms with van der Waals surface area (Å²) in [5, 5.41) is 7.82. The maximum atomic E-state index is 13.6. The van der Waals surface area contributed by atoms with Crippen molar-refractivity contribution in [3.8, 4) is 0 Å². The van der Waals surface area contributed by atoms with Crippen LogP contribution in [0.1, 0.15) is 42.2 Å². The molecule has 0 fully saturated rings. The lowest BCUT2D eigenvalue weighted by Gasteiger charge is -2.27. The Labute approximate surface area is 235 Å². The van der Waals surface area contributed by atoms with Crippen molar-refractivity contribution in [3.63, 3.8) is 0 Å². The quantitative estimate of drug-likeness (QED) is 0.373. The summed E-state index contributed by atoms with van der Waals surface area (Å²) in [5.74, 6) is 0.0133. The first kappa shape index (κ1) is 26.8. The van der Waals surface area contributed by atoms with E-state index in [2.05, 4.69) is 10.6 Å². The second-order valence-corrected chi connectivity index (χ2v) is 11.5. The summed E-state index contributed by atoms with van der Waals surface area (Å²) in [6, 6.07) is 18.4. The molecule has 0 bridgehead atoms. The van der Waals surface area contributed by atoms with Crippen LogP contribution in [0.25, 0.3) is 0 Å². The van der Waals surface area contributed by atoms with Crippen LogP contribution in [-0.2, 0) is 20.9 Å². The highest BCUT2D eigenvalue weighted by Crippen LogP contribution is 2.36. The number of aliphatic imine (C=N–C) groups is 2. The molecule has 0 saturated carbocycles. The van der Waals surface area contributed by atoms with Gasteiger partial charge in [-0.05, 0) is 61.0 Å². The van der Waals surface area contributed by atoms with Crippen molar-refractivity contribution in [2.75, 3.05) is 5.32 Å². The Morgan fingerprint density at radius 3 is 2.74 bits per heavy atom. The van der Waals surface area contributed by atoms with Crippen LogP contribution in [0.15, 0.2) is 76.0 Å². The average molecular weight is 560 g/mol. The number of amides is 3. The summed E-state index contributed by atoms with van der Waals surface area (Å²) in [6.45, 7) is 4.38. The van der Waals surface area contributed by atoms with E-state index in [0.29, 0.717) is 36.1 Å². The molecule has 1 aromatic heterocycles. The molecular formula is C29H29N5O3S2. The number of thioether (sulfide) groups is 1. The van der Waals surface area contributed by atoms with Crippen LogP contribution < -0.4 is 10.6 Å². The number of hydrogen-bond donors (Lipinski definition) is 2. The summed E-state index contributed by atoms with van der Waals surface area (Å²) >= 11 is 2.84. The van der Waals surface area contributed by atoms with E-state index in [0.717, 1.165) is 21.7 Å². The largest absolute Gasteiger partial charge is 0.351 e. The predicted octanol–water partition coefficient (Wildman–Crippen LogP) is 5.26. The van der Waals surface area contributed by atoms with Crippen LogP contribution in [0.5, 0.6) is 0 Å². The topological polar surface area (TPSA) is 103 Å². The van der Waals surface area contributed by atoms with E-state index in [4.69, 9.17) is 9.98 Å². The van der Waals surface area contributed by atoms with Gasteiger partial charge in [0.15, 0.2) is 5.17 Å². The van der Waals surface area contributed by atoms with Crippen LogP contribution >= 0.6 is 23.1 Å². The molecule has 200 valence electrons. The van der Waals surface area contributed by atoms with Gasteiger partial charge in [0, 0.05) is 22.5 Å². The Bertz CT molecular complexity index is 1450. The zero-order chi connectivity index (χ0) is 27.4. The second-order valence-electron chi connectivity index (χ2n) is 9.32. The van der Waals surface area contributed by atoms with Gasteiger partial charge in [0.05, 0.1) is 17.5 Å². The second kappa shape index (κ2) is 12.0. The van der Waals surface area contributed by atoms with Gasteiger partial charge in [-0.2, -0.15) is 0 Å². The van der Waals surface area contributed by atoms with Gasteiger partial charge >= 0.3 is 0 Å². The van der Waals surface area contributed by atoms with Gasteiger partial charge in [-0.15, -0.1) is 11.3 Å². The van der Waals surface area contributed by atoms with Crippen LogP contribution in [-0.4, -0.2) is 44.9 Å². The Hall–Kier alpha value is -3.76. The van der Waals surface area contributed by atoms with E-state index in [1.807, 2.05) is 79.9 Å². The van der Waals surface area contributed by atoms with Gasteiger partial charge in [-0.1, -0.05) is 49.0 Å². The average Bonchev–Trinajstić information content (AvgIpc) is 3.57. The number of thiophene rings is 1. The Morgan fingerprint density at radius 1 is 1.13 bits per heavy atom. The summed E-state index contributed by atoms with van der Waals surface area (Å²) < 4.78 is 0. The smallest absolute Gasteiger partial charge is 0.259 e. The number of nitrogens with one attached hydrogen (secondary N) is 2. The number of amidine groups is 2. The molecule has 2 atom stereocenters. The van der Waals surface area contributed by atoms with E-state index < -0.39 is 11.3 Å². The summed E-state index contributed by atoms with van der Waals surface area (Å²) in [7, 11) is 0. The number of anilines is 1. The number of benzene rings is 2. The minimum Gasteiger partial charge on any atom is -0.351 e. The van der Waals surface area contributed by atoms with Crippen molar-refractivity contribution >= 4 is 63.2 Å². The number of fused-ring (bicyclic) bond motifs is 3. The minimum absolute atomic E-state index is 0.121. The fourth-order valence-corrected chi connectivity index (χ4v) is 6.08. The maximum Gasteiger partial charge on any atom is 0.259 e. The van der Waals surface area contributed by atoms with Crippen LogP contribution in [0, 0.1) is 6.92 Å². The molecule has 3 heterocycles. The van der Waals surface area contributed by atoms with Crippen LogP contribution in [0.4, 0.5) is 11.4 Å². The lowest BCUT2D eigenvalue weighted by molar-refractivity contribution is -0.125. The normalized spacial score (nSPS) is 16.6. The molecule has 2 aliphatic heterocycles. The van der Waals surface area contributed by atoms with Gasteiger partial charge in [-0.25, -0.2) is 9.89 Å². The van der Waals surface area contributed by atoms with Crippen molar-refractivity contribution in [2.24, 2.45) is 9.98 Å². The van der Waals surface area contributed by atoms with Gasteiger partial charge in [-0.3, -0.25) is 19.4 Å². The molecule has 0 radical (unpaired) electrons. The molecule has 10 heteroatoms. The van der Waals surface area contributed by atoms with Gasteiger partial charge < -0.3 is 10.6 Å². The molecule has 8 nitrogen and oxygen atoms in total. The third-order valence-electron chi connectivity index (χ3n) is 6.43. The van der Waals surface area contributed by atoms with E-state index >= 15 is 0 Å². The number of nitrogens with zero attached hydrogens (tertiary/aromatic N) is 3. The number of aryl methyl sites for hydroxylation is 1. The molecule has 0 aliphatic carbocycles. The van der Waals surface area contributed by atoms with Crippen LogP contribution in [0.2, 0.25) is 0 Å². The first-order valence-corrected chi connectivity index (χ1v) is 14.6. The highest BCUT2D eigenvalue weighted by Gasteiger charge is 2.42. The third kappa shape index (κ3) is 6.12. The molecule has 5 rings (SSSR count). The van der Waals surface area contributed by atoms with Gasteiger partial charge in [0.1, 0.15) is 11.9 Å². The predicted molar refractivity (Wildman–Crippen MR) is 158 cm³/mol. The van der Waals surface area contributed by atoms with E-state index in [-0.39, 0.29) is 24.1 Å². The number of carbonyl (C=O) groups excluding carboxylic acids is 3. The van der Waals surface area contributed by atoms with E-state index in [1.165, 1.54) is 16.7 Å². The fraction of sp³-hybridized carbons (Fsp3) is 0.276. The highest BCUT2D eigenvalue weighted by molar-refractivity contribution is 8.15. The molecule has 3 aromatic rings. The van der Waals surface area contributed by atoms with Crippen molar-refractivity contribution in [1.82, 2.24) is 10.2 Å². The number of rotatable bonds is 9. The Kier molecular flexibility index (Phi) is 8.23. The molecule has 0 spiro atoms. The van der Waals surface area contributed by atoms with Crippen molar-refractivity contribution in [1.29, 1.82) is 0 Å². The Balaban J connectivity index is 1.31. The first-order chi connectivity index (χ1) is 18.9. The SMILES string of the molecule is CC[C@H](SC1=Nc2ccccc2C2=N[C@H](CCC(=O)NCc3cccs3)C(=O)N12)C(=O)Nc1cccc(C)c1. The molecule has 0 saturated heterocycles. The molecule has 3 amide bonds. The maximum absolute atomic E-state index is 13.6. The lowest BCUT2D eigenvalue weighted by Crippen LogP contribution is -2.42. The van der Waals surface area contributed by atoms with Crippen LogP contribution in [0.3, 0.4) is 0 Å². The van der Waals surface area contributed by atoms with Crippen molar-refractivity contribution in [3.05, 3.63) is 82.0 Å². The fourth-order valence-electron chi connectivity index (χ4n) is 4.42. The number of carbonyl (C=O) groups is 3. The first-order valence-electron chi connectivity index (χ1n) is 12.9. The standard InChI is InChI=1S/C29H29N5O3S2/c1-3-24(27(36)31-19-9-6-8-18(2)16-19)39-29-33-22-12-5-4-11-21(22)26-32-23(28(37)34(26)29)13-14-25(35)30-17-20-10-7-15-38-20/h4-12,15-16,23-24H,3,13-14,17H2,1-2H3,(H,30,35)(H,31,36)/t23-,24+/m1/s1. The molecular weight excluding hydrogens is 530 g/mol. The number of hydrogen-bond acceptors (Lipinski definition) is 7. The molecule has 0 unspecified atom stereocenters. The molecule has 2 N–H and O–H groups in total. The van der Waals surface area contributed by atoms with Gasteiger partial charge in [0.2, 0.25) is 11.8 Å². The molecule has 2 aromatic carbocycles. The molecule has 2 aliphatic rings. The van der Waals surface area contributed by atoms with Crippen molar-refractivity contribution in [2.45, 2.75) is 50.9 Å². The Morgan fingerprint density at radius 2 is 1.97 bits per heavy atom.